The third-order valence-electron chi connectivity index (χ3n) is 3.86. The summed E-state index contributed by atoms with van der Waals surface area (Å²) >= 11 is 0. The van der Waals surface area contributed by atoms with Crippen LogP contribution in [0.25, 0.3) is 22.2 Å². The fourth-order valence-electron chi connectivity index (χ4n) is 2.64. The molecule has 0 saturated heterocycles. The standard InChI is InChI=1S/C18H16N6O/c1-25-18-13(3-2-7-21-18)15-10-22-16(19)17(24-15)23-12-4-5-14-11(9-12)6-8-20-14/h2-10,20H,1H3,(H2,19,22)(H,23,24). The number of fused-ring (bicyclic) bond motifs is 1. The van der Waals surface area contributed by atoms with Crippen LogP contribution in [-0.4, -0.2) is 27.0 Å². The van der Waals surface area contributed by atoms with Gasteiger partial charge in [-0.05, 0) is 36.4 Å². The summed E-state index contributed by atoms with van der Waals surface area (Å²) < 4.78 is 5.29. The van der Waals surface area contributed by atoms with Crippen molar-refractivity contribution >= 4 is 28.2 Å². The summed E-state index contributed by atoms with van der Waals surface area (Å²) in [4.78, 5) is 16.2. The van der Waals surface area contributed by atoms with Gasteiger partial charge in [-0.2, -0.15) is 0 Å². The predicted octanol–water partition coefficient (Wildman–Crippen LogP) is 3.35. The minimum Gasteiger partial charge on any atom is -0.481 e. The van der Waals surface area contributed by atoms with E-state index in [0.717, 1.165) is 22.2 Å². The van der Waals surface area contributed by atoms with Gasteiger partial charge in [0.1, 0.15) is 0 Å². The summed E-state index contributed by atoms with van der Waals surface area (Å²) in [6.07, 6.45) is 5.17. The molecule has 0 unspecified atom stereocenters. The number of hydrogen-bond donors (Lipinski definition) is 3. The minimum absolute atomic E-state index is 0.320. The van der Waals surface area contributed by atoms with Crippen molar-refractivity contribution in [1.29, 1.82) is 0 Å². The summed E-state index contributed by atoms with van der Waals surface area (Å²) in [6.45, 7) is 0. The number of ether oxygens (including phenoxy) is 1. The van der Waals surface area contributed by atoms with Crippen molar-refractivity contribution in [3.8, 4) is 17.1 Å². The lowest BCUT2D eigenvalue weighted by molar-refractivity contribution is 0.399. The topological polar surface area (TPSA) is 102 Å². The van der Waals surface area contributed by atoms with E-state index in [1.807, 2.05) is 42.6 Å². The summed E-state index contributed by atoms with van der Waals surface area (Å²) in [5.74, 6) is 1.29. The Morgan fingerprint density at radius 3 is 2.96 bits per heavy atom. The number of methoxy groups -OCH3 is 1. The van der Waals surface area contributed by atoms with Gasteiger partial charge in [-0.1, -0.05) is 0 Å². The molecule has 4 aromatic rings. The minimum atomic E-state index is 0.320. The van der Waals surface area contributed by atoms with Gasteiger partial charge >= 0.3 is 0 Å². The Labute approximate surface area is 143 Å². The molecule has 0 saturated carbocycles. The third-order valence-corrected chi connectivity index (χ3v) is 3.86. The number of nitrogens with zero attached hydrogens (tertiary/aromatic N) is 3. The Kier molecular flexibility index (Phi) is 3.66. The van der Waals surface area contributed by atoms with Crippen LogP contribution in [-0.2, 0) is 0 Å². The van der Waals surface area contributed by atoms with Gasteiger partial charge in [0.2, 0.25) is 5.88 Å². The highest BCUT2D eigenvalue weighted by atomic mass is 16.5. The molecule has 3 aromatic heterocycles. The average Bonchev–Trinajstić information content (AvgIpc) is 3.11. The highest BCUT2D eigenvalue weighted by molar-refractivity contribution is 5.84. The summed E-state index contributed by atoms with van der Waals surface area (Å²) in [5.41, 5.74) is 9.32. The van der Waals surface area contributed by atoms with E-state index in [0.29, 0.717) is 23.2 Å². The van der Waals surface area contributed by atoms with Crippen molar-refractivity contribution in [2.75, 3.05) is 18.2 Å². The van der Waals surface area contributed by atoms with Gasteiger partial charge in [0.25, 0.3) is 0 Å². The van der Waals surface area contributed by atoms with Crippen LogP contribution in [0, 0.1) is 0 Å². The number of pyridine rings is 1. The Morgan fingerprint density at radius 2 is 2.08 bits per heavy atom. The highest BCUT2D eigenvalue weighted by Crippen LogP contribution is 2.29. The van der Waals surface area contributed by atoms with E-state index in [9.17, 15) is 0 Å². The first-order chi connectivity index (χ1) is 12.2. The zero-order valence-corrected chi connectivity index (χ0v) is 13.5. The van der Waals surface area contributed by atoms with Crippen molar-refractivity contribution in [2.45, 2.75) is 0 Å². The quantitative estimate of drug-likeness (QED) is 0.530. The second-order valence-corrected chi connectivity index (χ2v) is 5.45. The average molecular weight is 332 g/mol. The van der Waals surface area contributed by atoms with Crippen LogP contribution in [0.1, 0.15) is 0 Å². The van der Waals surface area contributed by atoms with Crippen LogP contribution in [0.5, 0.6) is 5.88 Å². The predicted molar refractivity (Wildman–Crippen MR) is 97.8 cm³/mol. The Morgan fingerprint density at radius 1 is 1.16 bits per heavy atom. The smallest absolute Gasteiger partial charge is 0.222 e. The fourth-order valence-corrected chi connectivity index (χ4v) is 2.64. The Balaban J connectivity index is 1.72. The lowest BCUT2D eigenvalue weighted by Gasteiger charge is -2.11. The summed E-state index contributed by atoms with van der Waals surface area (Å²) in [6, 6.07) is 11.7. The van der Waals surface area contributed by atoms with Crippen molar-refractivity contribution in [2.24, 2.45) is 0 Å². The van der Waals surface area contributed by atoms with Crippen molar-refractivity contribution < 1.29 is 4.74 Å². The number of rotatable bonds is 4. The zero-order valence-electron chi connectivity index (χ0n) is 13.5. The molecule has 124 valence electrons. The van der Waals surface area contributed by atoms with Crippen LogP contribution in [0.15, 0.2) is 55.0 Å². The number of nitrogens with one attached hydrogen (secondary N) is 2. The van der Waals surface area contributed by atoms with Crippen molar-refractivity contribution in [3.05, 3.63) is 55.0 Å². The normalized spacial score (nSPS) is 10.8. The maximum atomic E-state index is 5.99. The molecule has 0 fully saturated rings. The largest absolute Gasteiger partial charge is 0.481 e. The van der Waals surface area contributed by atoms with Gasteiger partial charge in [-0.25, -0.2) is 15.0 Å². The molecule has 0 amide bonds. The highest BCUT2D eigenvalue weighted by Gasteiger charge is 2.12. The monoisotopic (exact) mass is 332 g/mol. The molecular weight excluding hydrogens is 316 g/mol. The molecule has 4 N–H and O–H groups in total. The molecule has 7 nitrogen and oxygen atoms in total. The molecule has 0 aliphatic carbocycles. The van der Waals surface area contributed by atoms with Crippen LogP contribution in [0.4, 0.5) is 17.3 Å². The maximum Gasteiger partial charge on any atom is 0.222 e. The summed E-state index contributed by atoms with van der Waals surface area (Å²) in [5, 5.41) is 4.33. The molecule has 0 aliphatic heterocycles. The maximum absolute atomic E-state index is 5.99. The lowest BCUT2D eigenvalue weighted by Crippen LogP contribution is -2.03. The molecule has 4 rings (SSSR count). The zero-order chi connectivity index (χ0) is 17.2. The van der Waals surface area contributed by atoms with E-state index >= 15 is 0 Å². The van der Waals surface area contributed by atoms with Crippen LogP contribution in [0.3, 0.4) is 0 Å². The number of nitrogen functional groups attached to an aromatic ring is 1. The van der Waals surface area contributed by atoms with Gasteiger partial charge in [-0.15, -0.1) is 0 Å². The molecule has 3 heterocycles. The number of nitrogens with two attached hydrogens (primary N) is 1. The van der Waals surface area contributed by atoms with E-state index in [2.05, 4.69) is 25.3 Å². The fraction of sp³-hybridized carbons (Fsp3) is 0.0556. The number of aromatic nitrogens is 4. The number of benzene rings is 1. The van der Waals surface area contributed by atoms with Gasteiger partial charge in [0.05, 0.1) is 24.6 Å². The van der Waals surface area contributed by atoms with Gasteiger partial charge in [0.15, 0.2) is 11.6 Å². The van der Waals surface area contributed by atoms with Crippen molar-refractivity contribution in [1.82, 2.24) is 19.9 Å². The molecule has 0 spiro atoms. The van der Waals surface area contributed by atoms with E-state index < -0.39 is 0 Å². The SMILES string of the molecule is COc1ncccc1-c1cnc(N)c(Nc2ccc3[nH]ccc3c2)n1. The van der Waals surface area contributed by atoms with Crippen LogP contribution >= 0.6 is 0 Å². The first kappa shape index (κ1) is 14.9. The van der Waals surface area contributed by atoms with E-state index in [-0.39, 0.29) is 0 Å². The molecule has 7 heteroatoms. The van der Waals surface area contributed by atoms with E-state index in [1.54, 1.807) is 19.5 Å². The number of anilines is 3. The molecule has 0 atom stereocenters. The van der Waals surface area contributed by atoms with E-state index in [4.69, 9.17) is 10.5 Å². The van der Waals surface area contributed by atoms with E-state index in [1.165, 1.54) is 0 Å². The molecule has 0 radical (unpaired) electrons. The molecule has 0 aliphatic rings. The van der Waals surface area contributed by atoms with Gasteiger partial charge in [0, 0.05) is 29.0 Å². The second-order valence-electron chi connectivity index (χ2n) is 5.45. The first-order valence-electron chi connectivity index (χ1n) is 7.70. The second kappa shape index (κ2) is 6.12. The number of hydrogen-bond acceptors (Lipinski definition) is 6. The molecule has 0 bridgehead atoms. The molecule has 25 heavy (non-hydrogen) atoms. The molecular formula is C18H16N6O. The van der Waals surface area contributed by atoms with Gasteiger partial charge < -0.3 is 20.8 Å². The van der Waals surface area contributed by atoms with Crippen LogP contribution < -0.4 is 15.8 Å². The van der Waals surface area contributed by atoms with Crippen LogP contribution in [0.2, 0.25) is 0 Å². The number of H-pyrrole nitrogens is 1. The number of aromatic amines is 1. The third kappa shape index (κ3) is 2.83. The Hall–Kier alpha value is -3.61. The summed E-state index contributed by atoms with van der Waals surface area (Å²) in [7, 11) is 1.57. The van der Waals surface area contributed by atoms with Gasteiger partial charge in [-0.3, -0.25) is 0 Å². The van der Waals surface area contributed by atoms with Crippen molar-refractivity contribution in [3.63, 3.8) is 0 Å². The lowest BCUT2D eigenvalue weighted by atomic mass is 10.2. The molecule has 1 aromatic carbocycles. The first-order valence-corrected chi connectivity index (χ1v) is 7.70. The Bertz CT molecular complexity index is 1040.